The van der Waals surface area contributed by atoms with E-state index in [2.05, 4.69) is 5.32 Å². The quantitative estimate of drug-likeness (QED) is 0.563. The number of hydrogen-bond acceptors (Lipinski definition) is 2. The lowest BCUT2D eigenvalue weighted by Gasteiger charge is -2.01. The summed E-state index contributed by atoms with van der Waals surface area (Å²) in [5.41, 5.74) is 0. The van der Waals surface area contributed by atoms with Crippen LogP contribution in [0.25, 0.3) is 0 Å². The maximum Gasteiger partial charge on any atom is 0.114 e. The maximum absolute atomic E-state index is 12.2. The van der Waals surface area contributed by atoms with E-state index in [1.807, 2.05) is 0 Å². The number of aliphatic hydroxyl groups excluding tert-OH is 1. The van der Waals surface area contributed by atoms with E-state index in [9.17, 15) is 4.39 Å². The van der Waals surface area contributed by atoms with Crippen LogP contribution < -0.4 is 5.32 Å². The van der Waals surface area contributed by atoms with E-state index in [1.54, 1.807) is 0 Å². The second-order valence-electron chi connectivity index (χ2n) is 2.12. The third-order valence-corrected chi connectivity index (χ3v) is 1.39. The molecule has 2 atom stereocenters. The molecule has 1 rings (SSSR count). The molecule has 2 N–H and O–H groups in total. The molecule has 0 aliphatic carbocycles. The Kier molecular flexibility index (Phi) is 4.10. The van der Waals surface area contributed by atoms with Gasteiger partial charge in [-0.3, -0.25) is 0 Å². The summed E-state index contributed by atoms with van der Waals surface area (Å²) in [5.74, 6) is 0. The monoisotopic (exact) mass is 155 g/mol. The van der Waals surface area contributed by atoms with E-state index in [1.165, 1.54) is 0 Å². The molecule has 1 aliphatic heterocycles. The van der Waals surface area contributed by atoms with Crippen LogP contribution >= 0.6 is 12.4 Å². The molecule has 0 saturated carbocycles. The molecule has 0 aromatic heterocycles. The first-order chi connectivity index (χ1) is 3.83. The summed E-state index contributed by atoms with van der Waals surface area (Å²) in [5, 5.41) is 11.3. The van der Waals surface area contributed by atoms with Crippen LogP contribution in [0.4, 0.5) is 4.39 Å². The minimum atomic E-state index is -0.743. The Balaban J connectivity index is 0.000000640. The highest BCUT2D eigenvalue weighted by Gasteiger charge is 2.21. The minimum absolute atomic E-state index is 0. The van der Waals surface area contributed by atoms with Crippen molar-refractivity contribution in [1.82, 2.24) is 5.32 Å². The lowest BCUT2D eigenvalue weighted by Crippen LogP contribution is -2.24. The van der Waals surface area contributed by atoms with Crippen molar-refractivity contribution in [2.45, 2.75) is 18.6 Å². The summed E-state index contributed by atoms with van der Waals surface area (Å²) in [4.78, 5) is 0. The molecule has 0 bridgehead atoms. The molecule has 0 amide bonds. The first-order valence-electron chi connectivity index (χ1n) is 2.81. The highest BCUT2D eigenvalue weighted by atomic mass is 35.5. The smallest absolute Gasteiger partial charge is 0.114 e. The van der Waals surface area contributed by atoms with E-state index < -0.39 is 6.17 Å². The third-order valence-electron chi connectivity index (χ3n) is 1.39. The van der Waals surface area contributed by atoms with Crippen LogP contribution in [0.15, 0.2) is 0 Å². The summed E-state index contributed by atoms with van der Waals surface area (Å²) in [6.45, 7) is 0.464. The number of nitrogens with one attached hydrogen (secondary N) is 1. The molecule has 0 spiro atoms. The molecule has 0 radical (unpaired) electrons. The Morgan fingerprint density at radius 1 is 1.67 bits per heavy atom. The fourth-order valence-electron chi connectivity index (χ4n) is 0.909. The Morgan fingerprint density at radius 2 is 2.33 bits per heavy atom. The summed E-state index contributed by atoms with van der Waals surface area (Å²) in [6.07, 6.45) is -0.275. The highest BCUT2D eigenvalue weighted by Crippen LogP contribution is 2.08. The van der Waals surface area contributed by atoms with Crippen molar-refractivity contribution < 1.29 is 9.50 Å². The largest absolute Gasteiger partial charge is 0.395 e. The number of rotatable bonds is 1. The second kappa shape index (κ2) is 4.04. The molecular formula is C5H11ClFNO. The van der Waals surface area contributed by atoms with E-state index >= 15 is 0 Å². The predicted molar refractivity (Wildman–Crippen MR) is 35.6 cm³/mol. The van der Waals surface area contributed by atoms with Gasteiger partial charge in [0, 0.05) is 12.6 Å². The molecular weight excluding hydrogens is 145 g/mol. The average molecular weight is 156 g/mol. The lowest BCUT2D eigenvalue weighted by atomic mass is 10.2. The van der Waals surface area contributed by atoms with Gasteiger partial charge in [-0.25, -0.2) is 4.39 Å². The topological polar surface area (TPSA) is 32.3 Å². The molecule has 2 nitrogen and oxygen atoms in total. The fourth-order valence-corrected chi connectivity index (χ4v) is 0.909. The third kappa shape index (κ3) is 2.47. The molecule has 1 saturated heterocycles. The van der Waals surface area contributed by atoms with Crippen molar-refractivity contribution in [3.8, 4) is 0 Å². The van der Waals surface area contributed by atoms with Gasteiger partial charge in [0.15, 0.2) is 0 Å². The van der Waals surface area contributed by atoms with Crippen LogP contribution in [-0.2, 0) is 0 Å². The molecule has 4 heteroatoms. The van der Waals surface area contributed by atoms with E-state index in [-0.39, 0.29) is 25.1 Å². The zero-order valence-electron chi connectivity index (χ0n) is 5.01. The van der Waals surface area contributed by atoms with Crippen molar-refractivity contribution in [2.24, 2.45) is 0 Å². The van der Waals surface area contributed by atoms with Crippen LogP contribution in [0.2, 0.25) is 0 Å². The summed E-state index contributed by atoms with van der Waals surface area (Å²) < 4.78 is 12.2. The highest BCUT2D eigenvalue weighted by molar-refractivity contribution is 5.85. The molecule has 56 valence electrons. The van der Waals surface area contributed by atoms with Gasteiger partial charge in [0.05, 0.1) is 6.61 Å². The summed E-state index contributed by atoms with van der Waals surface area (Å²) >= 11 is 0. The fraction of sp³-hybridized carbons (Fsp3) is 1.00. The first-order valence-corrected chi connectivity index (χ1v) is 2.81. The standard InChI is InChI=1S/C5H10FNO.ClH/c6-4-1-5(3-8)7-2-4;/h4-5,7-8H,1-3H2;1H/t4-,5+;/m1./s1. The molecule has 1 fully saturated rings. The van der Waals surface area contributed by atoms with Gasteiger partial charge in [0.2, 0.25) is 0 Å². The van der Waals surface area contributed by atoms with E-state index in [0.29, 0.717) is 13.0 Å². The Bertz CT molecular complexity index is 83.4. The van der Waals surface area contributed by atoms with Crippen LogP contribution in [0.1, 0.15) is 6.42 Å². The van der Waals surface area contributed by atoms with Gasteiger partial charge in [0.1, 0.15) is 6.17 Å². The number of halogens is 2. The predicted octanol–water partition coefficient (Wildman–Crippen LogP) is 0.100. The van der Waals surface area contributed by atoms with Crippen LogP contribution in [0, 0.1) is 0 Å². The van der Waals surface area contributed by atoms with Crippen LogP contribution in [0.3, 0.4) is 0 Å². The minimum Gasteiger partial charge on any atom is -0.395 e. The molecule has 9 heavy (non-hydrogen) atoms. The molecule has 0 aromatic carbocycles. The number of alkyl halides is 1. The molecule has 0 unspecified atom stereocenters. The first kappa shape index (κ1) is 9.14. The Labute approximate surface area is 59.9 Å². The normalized spacial score (nSPS) is 34.0. The van der Waals surface area contributed by atoms with Gasteiger partial charge < -0.3 is 10.4 Å². The van der Waals surface area contributed by atoms with Gasteiger partial charge >= 0.3 is 0 Å². The van der Waals surface area contributed by atoms with Crippen molar-refractivity contribution in [3.05, 3.63) is 0 Å². The van der Waals surface area contributed by atoms with Gasteiger partial charge in [0.25, 0.3) is 0 Å². The van der Waals surface area contributed by atoms with Gasteiger partial charge in [-0.05, 0) is 6.42 Å². The van der Waals surface area contributed by atoms with Crippen molar-refractivity contribution in [3.63, 3.8) is 0 Å². The van der Waals surface area contributed by atoms with Crippen LogP contribution in [-0.4, -0.2) is 30.5 Å². The zero-order chi connectivity index (χ0) is 5.98. The van der Waals surface area contributed by atoms with E-state index in [0.717, 1.165) is 0 Å². The maximum atomic E-state index is 12.2. The second-order valence-corrected chi connectivity index (χ2v) is 2.12. The average Bonchev–Trinajstić information content (AvgIpc) is 2.14. The Hall–Kier alpha value is 0.140. The summed E-state index contributed by atoms with van der Waals surface area (Å²) in [7, 11) is 0. The van der Waals surface area contributed by atoms with E-state index in [4.69, 9.17) is 5.11 Å². The summed E-state index contributed by atoms with van der Waals surface area (Å²) in [6, 6.07) is 0.00463. The van der Waals surface area contributed by atoms with Crippen LogP contribution in [0.5, 0.6) is 0 Å². The number of aliphatic hydroxyl groups is 1. The van der Waals surface area contributed by atoms with Gasteiger partial charge in [-0.1, -0.05) is 0 Å². The van der Waals surface area contributed by atoms with Gasteiger partial charge in [-0.2, -0.15) is 0 Å². The lowest BCUT2D eigenvalue weighted by molar-refractivity contribution is 0.248. The molecule has 0 aromatic rings. The van der Waals surface area contributed by atoms with Gasteiger partial charge in [-0.15, -0.1) is 12.4 Å². The Morgan fingerprint density at radius 3 is 2.56 bits per heavy atom. The molecule has 1 aliphatic rings. The van der Waals surface area contributed by atoms with Crippen molar-refractivity contribution >= 4 is 12.4 Å². The molecule has 1 heterocycles. The zero-order valence-corrected chi connectivity index (χ0v) is 5.83. The number of hydrogen-bond donors (Lipinski definition) is 2. The SMILES string of the molecule is Cl.OC[C@@H]1C[C@@H](F)CN1. The van der Waals surface area contributed by atoms with Crippen molar-refractivity contribution in [2.75, 3.05) is 13.2 Å². The van der Waals surface area contributed by atoms with Crippen molar-refractivity contribution in [1.29, 1.82) is 0 Å².